The maximum absolute atomic E-state index is 12.7. The number of hydrogen-bond donors (Lipinski definition) is 1. The third kappa shape index (κ3) is 3.33. The molecule has 1 heterocycles. The number of nitrogens with zero attached hydrogens (tertiary/aromatic N) is 2. The van der Waals surface area contributed by atoms with Crippen molar-refractivity contribution in [2.75, 3.05) is 5.32 Å². The Morgan fingerprint density at radius 1 is 1.30 bits per heavy atom. The molecule has 0 aliphatic rings. The molecule has 3 nitrogen and oxygen atoms in total. The van der Waals surface area contributed by atoms with Crippen molar-refractivity contribution >= 4 is 21.6 Å². The molecule has 0 bridgehead atoms. The number of aromatic nitrogens is 2. The summed E-state index contributed by atoms with van der Waals surface area (Å²) in [5, 5.41) is 7.18. The van der Waals surface area contributed by atoms with Crippen LogP contribution in [0, 0.1) is 6.92 Å². The number of rotatable bonds is 3. The number of hydrogen-bond acceptors (Lipinski definition) is 2. The fraction of sp³-hybridized carbons (Fsp3) is 0.308. The molecule has 0 amide bonds. The van der Waals surface area contributed by atoms with Crippen LogP contribution in [0.4, 0.5) is 18.9 Å². The average Bonchev–Trinajstić information content (AvgIpc) is 2.65. The molecule has 0 radical (unpaired) electrons. The Kier molecular flexibility index (Phi) is 4.08. The molecule has 0 atom stereocenters. The van der Waals surface area contributed by atoms with Crippen LogP contribution in [0.5, 0.6) is 0 Å². The molecule has 2 aromatic rings. The van der Waals surface area contributed by atoms with Crippen molar-refractivity contribution in [1.29, 1.82) is 0 Å². The normalized spacial score (nSPS) is 11.7. The van der Waals surface area contributed by atoms with Gasteiger partial charge in [-0.1, -0.05) is 0 Å². The van der Waals surface area contributed by atoms with Crippen molar-refractivity contribution in [2.24, 2.45) is 7.05 Å². The fourth-order valence-electron chi connectivity index (χ4n) is 1.85. The summed E-state index contributed by atoms with van der Waals surface area (Å²) in [5.74, 6) is 0. The van der Waals surface area contributed by atoms with E-state index in [1.807, 2.05) is 13.0 Å². The molecule has 0 spiro atoms. The molecule has 1 aromatic heterocycles. The van der Waals surface area contributed by atoms with Crippen LogP contribution in [0.1, 0.15) is 17.0 Å². The van der Waals surface area contributed by atoms with E-state index in [0.29, 0.717) is 16.7 Å². The van der Waals surface area contributed by atoms with Crippen molar-refractivity contribution < 1.29 is 13.2 Å². The van der Waals surface area contributed by atoms with Gasteiger partial charge in [0.25, 0.3) is 0 Å². The number of halogens is 4. The summed E-state index contributed by atoms with van der Waals surface area (Å²) < 4.78 is 40.3. The summed E-state index contributed by atoms with van der Waals surface area (Å²) in [6, 6.07) is 5.41. The fourth-order valence-corrected chi connectivity index (χ4v) is 2.24. The minimum absolute atomic E-state index is 0.400. The van der Waals surface area contributed by atoms with Crippen LogP contribution in [0.2, 0.25) is 0 Å². The highest BCUT2D eigenvalue weighted by molar-refractivity contribution is 9.10. The van der Waals surface area contributed by atoms with Gasteiger partial charge < -0.3 is 5.32 Å². The second-order valence-corrected chi connectivity index (χ2v) is 5.30. The van der Waals surface area contributed by atoms with Crippen molar-refractivity contribution in [1.82, 2.24) is 9.78 Å². The van der Waals surface area contributed by atoms with Gasteiger partial charge in [-0.2, -0.15) is 18.3 Å². The molecule has 1 N–H and O–H groups in total. The lowest BCUT2D eigenvalue weighted by Crippen LogP contribution is -2.08. The van der Waals surface area contributed by atoms with Gasteiger partial charge in [-0.05, 0) is 47.1 Å². The van der Waals surface area contributed by atoms with E-state index in [-0.39, 0.29) is 0 Å². The van der Waals surface area contributed by atoms with E-state index in [9.17, 15) is 13.2 Å². The third-order valence-electron chi connectivity index (χ3n) is 2.85. The van der Waals surface area contributed by atoms with Crippen LogP contribution in [0.15, 0.2) is 28.7 Å². The lowest BCUT2D eigenvalue weighted by molar-refractivity contribution is -0.137. The molecule has 1 aromatic carbocycles. The molecule has 0 aliphatic carbocycles. The SMILES string of the molecule is Cc1cc(CNc2cc(C(F)(F)F)ccc2Br)n(C)n1. The molecule has 0 saturated heterocycles. The molecule has 7 heteroatoms. The summed E-state index contributed by atoms with van der Waals surface area (Å²) in [6.45, 7) is 2.26. The summed E-state index contributed by atoms with van der Waals surface area (Å²) >= 11 is 3.24. The van der Waals surface area contributed by atoms with Crippen LogP contribution < -0.4 is 5.32 Å². The Balaban J connectivity index is 2.19. The van der Waals surface area contributed by atoms with Gasteiger partial charge >= 0.3 is 6.18 Å². The molecule has 0 unspecified atom stereocenters. The van der Waals surface area contributed by atoms with Crippen LogP contribution in [-0.2, 0) is 19.8 Å². The minimum atomic E-state index is -4.35. The topological polar surface area (TPSA) is 29.9 Å². The van der Waals surface area contributed by atoms with Crippen LogP contribution in [-0.4, -0.2) is 9.78 Å². The summed E-state index contributed by atoms with van der Waals surface area (Å²) in [5.41, 5.74) is 1.49. The number of anilines is 1. The van der Waals surface area contributed by atoms with Gasteiger partial charge in [0, 0.05) is 17.2 Å². The Labute approximate surface area is 122 Å². The Hall–Kier alpha value is -1.50. The Morgan fingerprint density at radius 2 is 2.00 bits per heavy atom. The third-order valence-corrected chi connectivity index (χ3v) is 3.54. The predicted octanol–water partition coefficient (Wildman–Crippen LogP) is 4.12. The zero-order valence-electron chi connectivity index (χ0n) is 10.9. The highest BCUT2D eigenvalue weighted by atomic mass is 79.9. The van der Waals surface area contributed by atoms with Crippen LogP contribution >= 0.6 is 15.9 Å². The van der Waals surface area contributed by atoms with Gasteiger partial charge in [0.15, 0.2) is 0 Å². The maximum Gasteiger partial charge on any atom is 0.416 e. The molecular weight excluding hydrogens is 335 g/mol. The van der Waals surface area contributed by atoms with Crippen LogP contribution in [0.3, 0.4) is 0 Å². The predicted molar refractivity (Wildman–Crippen MR) is 74.4 cm³/mol. The maximum atomic E-state index is 12.7. The highest BCUT2D eigenvalue weighted by Gasteiger charge is 2.30. The molecule has 0 saturated carbocycles. The lowest BCUT2D eigenvalue weighted by atomic mass is 10.2. The largest absolute Gasteiger partial charge is 0.416 e. The number of alkyl halides is 3. The first-order valence-electron chi connectivity index (χ1n) is 5.87. The van der Waals surface area contributed by atoms with Gasteiger partial charge in [-0.25, -0.2) is 0 Å². The summed E-state index contributed by atoms with van der Waals surface area (Å²) in [7, 11) is 1.80. The van der Waals surface area contributed by atoms with Crippen molar-refractivity contribution in [3.63, 3.8) is 0 Å². The molecule has 2 rings (SSSR count). The van der Waals surface area contributed by atoms with E-state index in [1.54, 1.807) is 11.7 Å². The summed E-state index contributed by atoms with van der Waals surface area (Å²) in [4.78, 5) is 0. The minimum Gasteiger partial charge on any atom is -0.378 e. The van der Waals surface area contributed by atoms with Crippen molar-refractivity contribution in [3.05, 3.63) is 45.7 Å². The van der Waals surface area contributed by atoms with Crippen LogP contribution in [0.25, 0.3) is 0 Å². The monoisotopic (exact) mass is 347 g/mol. The molecular formula is C13H13BrF3N3. The van der Waals surface area contributed by atoms with Crippen molar-refractivity contribution in [3.8, 4) is 0 Å². The zero-order valence-corrected chi connectivity index (χ0v) is 12.5. The molecule has 108 valence electrons. The van der Waals surface area contributed by atoms with Gasteiger partial charge in [-0.3, -0.25) is 4.68 Å². The lowest BCUT2D eigenvalue weighted by Gasteiger charge is -2.12. The number of aryl methyl sites for hydroxylation is 2. The second-order valence-electron chi connectivity index (χ2n) is 4.45. The quantitative estimate of drug-likeness (QED) is 0.904. The zero-order chi connectivity index (χ0) is 14.9. The van der Waals surface area contributed by atoms with Crippen molar-refractivity contribution in [2.45, 2.75) is 19.6 Å². The molecule has 0 fully saturated rings. The molecule has 0 aliphatic heterocycles. The second kappa shape index (κ2) is 5.47. The van der Waals surface area contributed by atoms with Gasteiger partial charge in [0.1, 0.15) is 0 Å². The van der Waals surface area contributed by atoms with Gasteiger partial charge in [0.05, 0.1) is 23.5 Å². The first-order chi connectivity index (χ1) is 9.27. The van der Waals surface area contributed by atoms with E-state index in [0.717, 1.165) is 23.5 Å². The van der Waals surface area contributed by atoms with E-state index in [4.69, 9.17) is 0 Å². The standard InChI is InChI=1S/C13H13BrF3N3/c1-8-5-10(20(2)19-8)7-18-12-6-9(13(15,16)17)3-4-11(12)14/h3-6,18H,7H2,1-2H3. The first-order valence-corrected chi connectivity index (χ1v) is 6.67. The van der Waals surface area contributed by atoms with Gasteiger partial charge in [-0.15, -0.1) is 0 Å². The first kappa shape index (κ1) is 14.9. The highest BCUT2D eigenvalue weighted by Crippen LogP contribution is 2.34. The smallest absolute Gasteiger partial charge is 0.378 e. The average molecular weight is 348 g/mol. The Bertz CT molecular complexity index is 620. The van der Waals surface area contributed by atoms with E-state index >= 15 is 0 Å². The number of benzene rings is 1. The molecule has 20 heavy (non-hydrogen) atoms. The van der Waals surface area contributed by atoms with E-state index < -0.39 is 11.7 Å². The summed E-state index contributed by atoms with van der Waals surface area (Å²) in [6.07, 6.45) is -4.35. The van der Waals surface area contributed by atoms with E-state index in [1.165, 1.54) is 6.07 Å². The van der Waals surface area contributed by atoms with E-state index in [2.05, 4.69) is 26.3 Å². The van der Waals surface area contributed by atoms with Gasteiger partial charge in [0.2, 0.25) is 0 Å². The Morgan fingerprint density at radius 3 is 2.55 bits per heavy atom. The number of nitrogens with one attached hydrogen (secondary N) is 1.